The van der Waals surface area contributed by atoms with Crippen molar-refractivity contribution in [2.45, 2.75) is 82.7 Å². The molecular formula is C15H30N2. The molecule has 2 saturated carbocycles. The highest BCUT2D eigenvalue weighted by Crippen LogP contribution is 2.38. The van der Waals surface area contributed by atoms with E-state index < -0.39 is 0 Å². The Balaban J connectivity index is 1.97. The van der Waals surface area contributed by atoms with Gasteiger partial charge in [0.15, 0.2) is 0 Å². The highest BCUT2D eigenvalue weighted by molar-refractivity contribution is 5.01. The monoisotopic (exact) mass is 238 g/mol. The van der Waals surface area contributed by atoms with Gasteiger partial charge in [0.1, 0.15) is 0 Å². The predicted molar refractivity (Wildman–Crippen MR) is 74.0 cm³/mol. The van der Waals surface area contributed by atoms with Crippen molar-refractivity contribution in [1.29, 1.82) is 0 Å². The first-order chi connectivity index (χ1) is 8.30. The lowest BCUT2D eigenvalue weighted by atomic mass is 9.83. The van der Waals surface area contributed by atoms with E-state index in [1.54, 1.807) is 0 Å². The van der Waals surface area contributed by atoms with E-state index in [2.05, 4.69) is 12.2 Å². The van der Waals surface area contributed by atoms with Crippen molar-refractivity contribution < 1.29 is 0 Å². The molecule has 2 rings (SSSR count). The molecule has 0 radical (unpaired) electrons. The third-order valence-corrected chi connectivity index (χ3v) is 5.16. The Morgan fingerprint density at radius 1 is 1.06 bits per heavy atom. The number of nitrogens with two attached hydrogens (primary N) is 1. The van der Waals surface area contributed by atoms with Crippen LogP contribution in [0.4, 0.5) is 0 Å². The molecule has 2 nitrogen and oxygen atoms in total. The lowest BCUT2D eigenvalue weighted by Crippen LogP contribution is -2.57. The summed E-state index contributed by atoms with van der Waals surface area (Å²) < 4.78 is 0. The van der Waals surface area contributed by atoms with Gasteiger partial charge in [0.05, 0.1) is 0 Å². The first-order valence-electron chi connectivity index (χ1n) is 7.78. The van der Waals surface area contributed by atoms with Crippen LogP contribution >= 0.6 is 0 Å². The van der Waals surface area contributed by atoms with E-state index in [0.29, 0.717) is 0 Å². The second-order valence-electron chi connectivity index (χ2n) is 6.19. The van der Waals surface area contributed by atoms with Crippen LogP contribution in [0.5, 0.6) is 0 Å². The minimum absolute atomic E-state index is 0.282. The molecule has 3 N–H and O–H groups in total. The van der Waals surface area contributed by atoms with Crippen molar-refractivity contribution in [2.75, 3.05) is 6.54 Å². The molecule has 0 aromatic rings. The molecule has 2 heteroatoms. The van der Waals surface area contributed by atoms with Gasteiger partial charge in [-0.3, -0.25) is 0 Å². The standard InChI is InChI=1S/C15H30N2/c1-2-13-8-7-11-15(13,12-16)17-14-9-5-3-4-6-10-14/h13-14,17H,2-12,16H2,1H3. The molecule has 2 unspecified atom stereocenters. The summed E-state index contributed by atoms with van der Waals surface area (Å²) in [4.78, 5) is 0. The lowest BCUT2D eigenvalue weighted by Gasteiger charge is -2.39. The molecule has 17 heavy (non-hydrogen) atoms. The molecule has 0 spiro atoms. The normalized spacial score (nSPS) is 36.0. The van der Waals surface area contributed by atoms with E-state index >= 15 is 0 Å². The van der Waals surface area contributed by atoms with Crippen LogP contribution in [0.3, 0.4) is 0 Å². The van der Waals surface area contributed by atoms with Gasteiger partial charge in [-0.2, -0.15) is 0 Å². The third kappa shape index (κ3) is 3.03. The number of hydrogen-bond acceptors (Lipinski definition) is 2. The SMILES string of the molecule is CCC1CCCC1(CN)NC1CCCCCC1. The summed E-state index contributed by atoms with van der Waals surface area (Å²) >= 11 is 0. The summed E-state index contributed by atoms with van der Waals surface area (Å²) in [7, 11) is 0. The van der Waals surface area contributed by atoms with Crippen LogP contribution in [0, 0.1) is 5.92 Å². The minimum atomic E-state index is 0.282. The van der Waals surface area contributed by atoms with E-state index in [4.69, 9.17) is 5.73 Å². The average Bonchev–Trinajstić information content (AvgIpc) is 2.58. The van der Waals surface area contributed by atoms with Crippen LogP contribution in [0.1, 0.15) is 71.1 Å². The lowest BCUT2D eigenvalue weighted by molar-refractivity contribution is 0.209. The molecule has 0 saturated heterocycles. The summed E-state index contributed by atoms with van der Waals surface area (Å²) in [6, 6.07) is 0.744. The van der Waals surface area contributed by atoms with E-state index in [9.17, 15) is 0 Å². The quantitative estimate of drug-likeness (QED) is 0.738. The van der Waals surface area contributed by atoms with Gasteiger partial charge in [0.2, 0.25) is 0 Å². The fraction of sp³-hybridized carbons (Fsp3) is 1.00. The van der Waals surface area contributed by atoms with Gasteiger partial charge < -0.3 is 11.1 Å². The van der Waals surface area contributed by atoms with Crippen molar-refractivity contribution in [3.8, 4) is 0 Å². The van der Waals surface area contributed by atoms with Crippen molar-refractivity contribution in [3.05, 3.63) is 0 Å². The molecule has 0 aromatic heterocycles. The van der Waals surface area contributed by atoms with E-state index in [1.165, 1.54) is 64.2 Å². The Hall–Kier alpha value is -0.0800. The number of nitrogens with one attached hydrogen (secondary N) is 1. The smallest absolute Gasteiger partial charge is 0.0334 e. The third-order valence-electron chi connectivity index (χ3n) is 5.16. The molecule has 0 bridgehead atoms. The highest BCUT2D eigenvalue weighted by Gasteiger charge is 2.41. The maximum absolute atomic E-state index is 6.13. The predicted octanol–water partition coefficient (Wildman–Crippen LogP) is 3.21. The molecule has 100 valence electrons. The minimum Gasteiger partial charge on any atom is -0.329 e. The average molecular weight is 238 g/mol. The van der Waals surface area contributed by atoms with Crippen LogP contribution in [0.25, 0.3) is 0 Å². The zero-order chi connectivity index (χ0) is 12.1. The summed E-state index contributed by atoms with van der Waals surface area (Å²) in [5.41, 5.74) is 6.41. The van der Waals surface area contributed by atoms with Crippen LogP contribution in [0.15, 0.2) is 0 Å². The van der Waals surface area contributed by atoms with Gasteiger partial charge in [-0.1, -0.05) is 45.4 Å². The van der Waals surface area contributed by atoms with E-state index in [0.717, 1.165) is 18.5 Å². The maximum atomic E-state index is 6.13. The van der Waals surface area contributed by atoms with Gasteiger partial charge in [0.25, 0.3) is 0 Å². The molecule has 2 atom stereocenters. The molecule has 2 fully saturated rings. The fourth-order valence-electron chi connectivity index (χ4n) is 4.09. The summed E-state index contributed by atoms with van der Waals surface area (Å²) in [6.45, 7) is 3.16. The summed E-state index contributed by atoms with van der Waals surface area (Å²) in [5, 5.41) is 4.00. The Morgan fingerprint density at radius 3 is 2.35 bits per heavy atom. The number of rotatable bonds is 4. The first kappa shape index (κ1) is 13.4. The van der Waals surface area contributed by atoms with Crippen LogP contribution in [0.2, 0.25) is 0 Å². The summed E-state index contributed by atoms with van der Waals surface area (Å²) in [5.74, 6) is 0.816. The van der Waals surface area contributed by atoms with Crippen molar-refractivity contribution in [2.24, 2.45) is 11.7 Å². The van der Waals surface area contributed by atoms with E-state index in [1.807, 2.05) is 0 Å². The Kier molecular flexibility index (Phi) is 4.87. The Morgan fingerprint density at radius 2 is 1.76 bits per heavy atom. The molecule has 0 aromatic carbocycles. The zero-order valence-electron chi connectivity index (χ0n) is 11.5. The Bertz CT molecular complexity index is 221. The molecule has 0 amide bonds. The van der Waals surface area contributed by atoms with E-state index in [-0.39, 0.29) is 5.54 Å². The maximum Gasteiger partial charge on any atom is 0.0334 e. The zero-order valence-corrected chi connectivity index (χ0v) is 11.5. The molecular weight excluding hydrogens is 208 g/mol. The first-order valence-corrected chi connectivity index (χ1v) is 7.78. The fourth-order valence-corrected chi connectivity index (χ4v) is 4.09. The van der Waals surface area contributed by atoms with Crippen molar-refractivity contribution in [3.63, 3.8) is 0 Å². The number of hydrogen-bond donors (Lipinski definition) is 2. The van der Waals surface area contributed by atoms with Gasteiger partial charge in [-0.25, -0.2) is 0 Å². The highest BCUT2D eigenvalue weighted by atomic mass is 15.0. The largest absolute Gasteiger partial charge is 0.329 e. The molecule has 2 aliphatic rings. The van der Waals surface area contributed by atoms with Gasteiger partial charge in [-0.05, 0) is 31.6 Å². The topological polar surface area (TPSA) is 38.0 Å². The van der Waals surface area contributed by atoms with Crippen molar-refractivity contribution in [1.82, 2.24) is 5.32 Å². The van der Waals surface area contributed by atoms with Gasteiger partial charge >= 0.3 is 0 Å². The summed E-state index contributed by atoms with van der Waals surface area (Å²) in [6.07, 6.45) is 13.8. The van der Waals surface area contributed by atoms with Gasteiger partial charge in [-0.15, -0.1) is 0 Å². The van der Waals surface area contributed by atoms with Crippen LogP contribution in [-0.2, 0) is 0 Å². The molecule has 0 aliphatic heterocycles. The molecule has 0 heterocycles. The molecule has 2 aliphatic carbocycles. The Labute approximate surface area is 107 Å². The van der Waals surface area contributed by atoms with Crippen molar-refractivity contribution >= 4 is 0 Å². The second kappa shape index (κ2) is 6.19. The van der Waals surface area contributed by atoms with Crippen LogP contribution in [-0.4, -0.2) is 18.1 Å². The van der Waals surface area contributed by atoms with Crippen LogP contribution < -0.4 is 11.1 Å². The second-order valence-corrected chi connectivity index (χ2v) is 6.19. The van der Waals surface area contributed by atoms with Gasteiger partial charge in [0, 0.05) is 18.1 Å².